The molecule has 0 saturated heterocycles. The average molecular weight is 264 g/mol. The molecule has 0 spiro atoms. The number of carbonyl (C=O) groups is 1. The molecular weight excluding hydrogens is 248 g/mol. The molecule has 0 rings (SSSR count). The summed E-state index contributed by atoms with van der Waals surface area (Å²) in [5, 5.41) is 0. The summed E-state index contributed by atoms with van der Waals surface area (Å²) in [6, 6.07) is 0. The van der Waals surface area contributed by atoms with E-state index in [1.807, 2.05) is 6.08 Å². The summed E-state index contributed by atoms with van der Waals surface area (Å²) < 4.78 is 4.84. The topological polar surface area (TPSA) is 85.2 Å². The standard InChI is InChI=1S/C13H16N2O4/c1-12(13(18)19-9-8-15-11-17)6-4-2-3-5-7-14-10-16/h2,4,6H,3,5,7-9H2,1H3. The lowest BCUT2D eigenvalue weighted by Gasteiger charge is -2.01. The van der Waals surface area contributed by atoms with Gasteiger partial charge in [-0.05, 0) is 19.8 Å². The van der Waals surface area contributed by atoms with E-state index < -0.39 is 5.97 Å². The molecule has 0 unspecified atom stereocenters. The lowest BCUT2D eigenvalue weighted by atomic mass is 10.2. The third kappa shape index (κ3) is 10.6. The Morgan fingerprint density at radius 3 is 2.58 bits per heavy atom. The van der Waals surface area contributed by atoms with E-state index in [1.54, 1.807) is 19.1 Å². The van der Waals surface area contributed by atoms with E-state index >= 15 is 0 Å². The molecule has 0 aromatic heterocycles. The quantitative estimate of drug-likeness (QED) is 0.158. The molecule has 0 aliphatic rings. The van der Waals surface area contributed by atoms with E-state index in [1.165, 1.54) is 12.2 Å². The van der Waals surface area contributed by atoms with Gasteiger partial charge in [0.2, 0.25) is 12.2 Å². The molecule has 0 amide bonds. The van der Waals surface area contributed by atoms with E-state index in [0.717, 1.165) is 12.8 Å². The number of hydrogen-bond donors (Lipinski definition) is 0. The van der Waals surface area contributed by atoms with Gasteiger partial charge in [0.1, 0.15) is 6.61 Å². The van der Waals surface area contributed by atoms with Gasteiger partial charge >= 0.3 is 5.97 Å². The summed E-state index contributed by atoms with van der Waals surface area (Å²) in [6.07, 6.45) is 9.59. The van der Waals surface area contributed by atoms with Gasteiger partial charge in [0.15, 0.2) is 0 Å². The molecule has 0 radical (unpaired) electrons. The van der Waals surface area contributed by atoms with Crippen molar-refractivity contribution in [3.05, 3.63) is 23.8 Å². The van der Waals surface area contributed by atoms with Gasteiger partial charge < -0.3 is 4.74 Å². The normalized spacial score (nSPS) is 10.7. The van der Waals surface area contributed by atoms with Crippen LogP contribution in [0.15, 0.2) is 33.8 Å². The van der Waals surface area contributed by atoms with Crippen LogP contribution in [-0.2, 0) is 19.1 Å². The van der Waals surface area contributed by atoms with Gasteiger partial charge in [-0.15, -0.1) is 0 Å². The predicted molar refractivity (Wildman–Crippen MR) is 69.1 cm³/mol. The Hall–Kier alpha value is -2.29. The number of unbranched alkanes of at least 4 members (excludes halogenated alkanes) is 1. The highest BCUT2D eigenvalue weighted by molar-refractivity contribution is 5.88. The minimum atomic E-state index is -0.448. The summed E-state index contributed by atoms with van der Waals surface area (Å²) in [5.74, 6) is -0.448. The monoisotopic (exact) mass is 264 g/mol. The number of carbonyl (C=O) groups excluding carboxylic acids is 3. The second-order valence-electron chi connectivity index (χ2n) is 3.50. The van der Waals surface area contributed by atoms with Crippen molar-refractivity contribution in [2.45, 2.75) is 19.8 Å². The van der Waals surface area contributed by atoms with Gasteiger partial charge in [0, 0.05) is 5.57 Å². The fourth-order valence-corrected chi connectivity index (χ4v) is 1.05. The molecule has 0 aliphatic carbocycles. The van der Waals surface area contributed by atoms with Crippen LogP contribution in [0.2, 0.25) is 0 Å². The number of allylic oxidation sites excluding steroid dienone is 3. The zero-order chi connectivity index (χ0) is 14.3. The molecule has 19 heavy (non-hydrogen) atoms. The number of aliphatic imine (C=N–C) groups is 2. The first kappa shape index (κ1) is 16.7. The van der Waals surface area contributed by atoms with Crippen LogP contribution in [0.3, 0.4) is 0 Å². The average Bonchev–Trinajstić information content (AvgIpc) is 2.42. The Bertz CT molecular complexity index is 428. The highest BCUT2D eigenvalue weighted by Gasteiger charge is 2.03. The number of nitrogens with zero attached hydrogens (tertiary/aromatic N) is 2. The Morgan fingerprint density at radius 1 is 1.21 bits per heavy atom. The molecule has 102 valence electrons. The minimum Gasteiger partial charge on any atom is -0.460 e. The Morgan fingerprint density at radius 2 is 1.89 bits per heavy atom. The van der Waals surface area contributed by atoms with Crippen LogP contribution in [0.4, 0.5) is 0 Å². The lowest BCUT2D eigenvalue weighted by Crippen LogP contribution is -2.08. The summed E-state index contributed by atoms with van der Waals surface area (Å²) in [7, 11) is 0. The molecule has 0 fully saturated rings. The molecule has 0 N–H and O–H groups in total. The zero-order valence-electron chi connectivity index (χ0n) is 10.8. The van der Waals surface area contributed by atoms with Crippen LogP contribution in [0, 0.1) is 0 Å². The molecule has 0 saturated carbocycles. The van der Waals surface area contributed by atoms with Gasteiger partial charge in [-0.1, -0.05) is 18.2 Å². The molecule has 0 aliphatic heterocycles. The Labute approximate surface area is 111 Å². The predicted octanol–water partition coefficient (Wildman–Crippen LogP) is 1.48. The van der Waals surface area contributed by atoms with Crippen molar-refractivity contribution in [3.63, 3.8) is 0 Å². The third-order valence-electron chi connectivity index (χ3n) is 2.01. The fourth-order valence-electron chi connectivity index (χ4n) is 1.05. The van der Waals surface area contributed by atoms with Crippen molar-refractivity contribution in [2.24, 2.45) is 9.98 Å². The van der Waals surface area contributed by atoms with Crippen LogP contribution in [0.1, 0.15) is 19.8 Å². The smallest absolute Gasteiger partial charge is 0.333 e. The van der Waals surface area contributed by atoms with Crippen molar-refractivity contribution in [1.82, 2.24) is 0 Å². The molecule has 0 aromatic rings. The molecule has 0 atom stereocenters. The van der Waals surface area contributed by atoms with Crippen LogP contribution in [-0.4, -0.2) is 37.8 Å². The Balaban J connectivity index is 3.90. The van der Waals surface area contributed by atoms with Crippen molar-refractivity contribution < 1.29 is 19.1 Å². The highest BCUT2D eigenvalue weighted by Crippen LogP contribution is 1.99. The van der Waals surface area contributed by atoms with E-state index in [0.29, 0.717) is 12.1 Å². The number of isocyanates is 2. The molecule has 0 aromatic carbocycles. The van der Waals surface area contributed by atoms with Gasteiger partial charge in [0.25, 0.3) is 0 Å². The summed E-state index contributed by atoms with van der Waals surface area (Å²) >= 11 is 0. The minimum absolute atomic E-state index is 0.0622. The Kier molecular flexibility index (Phi) is 10.7. The summed E-state index contributed by atoms with van der Waals surface area (Å²) in [4.78, 5) is 37.6. The number of esters is 1. The maximum Gasteiger partial charge on any atom is 0.333 e. The van der Waals surface area contributed by atoms with Gasteiger partial charge in [-0.2, -0.15) is 0 Å². The first-order valence-electron chi connectivity index (χ1n) is 5.80. The number of ether oxygens (including phenoxy) is 1. The lowest BCUT2D eigenvalue weighted by molar-refractivity contribution is -0.138. The highest BCUT2D eigenvalue weighted by atomic mass is 16.5. The van der Waals surface area contributed by atoms with E-state index in [2.05, 4.69) is 9.98 Å². The van der Waals surface area contributed by atoms with Crippen molar-refractivity contribution in [3.8, 4) is 0 Å². The fraction of sp³-hybridized carbons (Fsp3) is 0.462. The van der Waals surface area contributed by atoms with E-state index in [4.69, 9.17) is 4.74 Å². The first-order chi connectivity index (χ1) is 9.22. The third-order valence-corrected chi connectivity index (χ3v) is 2.01. The second kappa shape index (κ2) is 12.2. The van der Waals surface area contributed by atoms with Crippen LogP contribution in [0.25, 0.3) is 0 Å². The van der Waals surface area contributed by atoms with Crippen LogP contribution >= 0.6 is 0 Å². The number of hydrogen-bond acceptors (Lipinski definition) is 6. The maximum absolute atomic E-state index is 11.4. The van der Waals surface area contributed by atoms with Gasteiger partial charge in [0.05, 0.1) is 13.1 Å². The van der Waals surface area contributed by atoms with Crippen molar-refractivity contribution in [2.75, 3.05) is 19.7 Å². The molecule has 6 heteroatoms. The first-order valence-corrected chi connectivity index (χ1v) is 5.80. The van der Waals surface area contributed by atoms with Crippen molar-refractivity contribution >= 4 is 18.1 Å². The molecular formula is C13H16N2O4. The molecule has 0 heterocycles. The number of rotatable bonds is 9. The van der Waals surface area contributed by atoms with Gasteiger partial charge in [-0.25, -0.2) is 24.4 Å². The second-order valence-corrected chi connectivity index (χ2v) is 3.50. The van der Waals surface area contributed by atoms with E-state index in [9.17, 15) is 14.4 Å². The molecule has 6 nitrogen and oxygen atoms in total. The zero-order valence-corrected chi connectivity index (χ0v) is 10.8. The maximum atomic E-state index is 11.4. The SMILES string of the molecule is CC(=CC=CCCCN=C=O)C(=O)OCCN=C=O. The largest absolute Gasteiger partial charge is 0.460 e. The summed E-state index contributed by atoms with van der Waals surface area (Å²) in [5.41, 5.74) is 0.456. The van der Waals surface area contributed by atoms with E-state index in [-0.39, 0.29) is 13.2 Å². The van der Waals surface area contributed by atoms with Gasteiger partial charge in [-0.3, -0.25) is 0 Å². The van der Waals surface area contributed by atoms with Crippen LogP contribution < -0.4 is 0 Å². The van der Waals surface area contributed by atoms with Crippen molar-refractivity contribution in [1.29, 1.82) is 0 Å². The van der Waals surface area contributed by atoms with Crippen LogP contribution in [0.5, 0.6) is 0 Å². The molecule has 0 bridgehead atoms. The summed E-state index contributed by atoms with van der Waals surface area (Å²) in [6.45, 7) is 2.27.